The summed E-state index contributed by atoms with van der Waals surface area (Å²) in [5, 5.41) is 19.9. The van der Waals surface area contributed by atoms with E-state index in [9.17, 15) is 15.2 Å². The predicted molar refractivity (Wildman–Crippen MR) is 50.5 cm³/mol. The van der Waals surface area contributed by atoms with Crippen LogP contribution in [-0.2, 0) is 0 Å². The molecule has 0 unspecified atom stereocenters. The van der Waals surface area contributed by atoms with E-state index < -0.39 is 4.92 Å². The molecule has 0 spiro atoms. The van der Waals surface area contributed by atoms with E-state index in [1.807, 2.05) is 0 Å². The summed E-state index contributed by atoms with van der Waals surface area (Å²) in [6.07, 6.45) is -0.220. The summed E-state index contributed by atoms with van der Waals surface area (Å²) in [7, 11) is 0. The minimum Gasteiger partial charge on any atom is -0.504 e. The van der Waals surface area contributed by atoms with E-state index in [4.69, 9.17) is 4.74 Å². The molecule has 0 aliphatic rings. The van der Waals surface area contributed by atoms with Crippen molar-refractivity contribution in [1.82, 2.24) is 0 Å². The zero-order valence-corrected chi connectivity index (χ0v) is 7.93. The van der Waals surface area contributed by atoms with Gasteiger partial charge < -0.3 is 9.84 Å². The van der Waals surface area contributed by atoms with Crippen molar-refractivity contribution in [2.75, 3.05) is 0 Å². The summed E-state index contributed by atoms with van der Waals surface area (Å²) < 4.78 is 5.15. The highest BCUT2D eigenvalue weighted by Gasteiger charge is 2.19. The van der Waals surface area contributed by atoms with Crippen LogP contribution in [0.1, 0.15) is 13.8 Å². The molecule has 5 nitrogen and oxygen atoms in total. The Morgan fingerprint density at radius 1 is 1.50 bits per heavy atom. The Labute approximate surface area is 81.1 Å². The Kier molecular flexibility index (Phi) is 2.91. The third-order valence-corrected chi connectivity index (χ3v) is 1.52. The number of hydrogen-bond donors (Lipinski definition) is 1. The lowest BCUT2D eigenvalue weighted by Crippen LogP contribution is -2.07. The number of nitro benzene ring substituents is 1. The molecule has 0 radical (unpaired) electrons. The number of hydrogen-bond acceptors (Lipinski definition) is 4. The second-order valence-electron chi connectivity index (χ2n) is 3.05. The van der Waals surface area contributed by atoms with Crippen LogP contribution in [0.15, 0.2) is 18.2 Å². The molecule has 14 heavy (non-hydrogen) atoms. The van der Waals surface area contributed by atoms with E-state index in [2.05, 4.69) is 0 Å². The Morgan fingerprint density at radius 2 is 2.14 bits per heavy atom. The maximum Gasteiger partial charge on any atom is 0.314 e. The first-order valence-electron chi connectivity index (χ1n) is 4.15. The first kappa shape index (κ1) is 10.3. The maximum atomic E-state index is 10.6. The number of phenolic OH excluding ortho intramolecular Hbond substituents is 1. The molecule has 0 aromatic heterocycles. The largest absolute Gasteiger partial charge is 0.504 e. The van der Waals surface area contributed by atoms with Gasteiger partial charge in [0, 0.05) is 6.07 Å². The number of nitro groups is 1. The average Bonchev–Trinajstić information content (AvgIpc) is 2.07. The second kappa shape index (κ2) is 3.95. The van der Waals surface area contributed by atoms with Crippen molar-refractivity contribution in [3.8, 4) is 11.5 Å². The highest BCUT2D eigenvalue weighted by Crippen LogP contribution is 2.36. The van der Waals surface area contributed by atoms with Gasteiger partial charge >= 0.3 is 5.69 Å². The van der Waals surface area contributed by atoms with Crippen LogP contribution in [0.25, 0.3) is 0 Å². The number of ether oxygens (including phenoxy) is 1. The molecule has 1 aromatic rings. The first-order chi connectivity index (χ1) is 6.52. The summed E-state index contributed by atoms with van der Waals surface area (Å²) in [5.74, 6) is -0.291. The van der Waals surface area contributed by atoms with E-state index in [1.165, 1.54) is 18.2 Å². The lowest BCUT2D eigenvalue weighted by Gasteiger charge is -2.10. The zero-order chi connectivity index (χ0) is 10.7. The Bertz CT molecular complexity index is 349. The Morgan fingerprint density at radius 3 is 2.64 bits per heavy atom. The zero-order valence-electron chi connectivity index (χ0n) is 7.93. The SMILES string of the molecule is CC(C)Oc1c(O)cccc1[N+](=O)[O-]. The van der Waals surface area contributed by atoms with Crippen molar-refractivity contribution >= 4 is 5.69 Å². The predicted octanol–water partition coefficient (Wildman–Crippen LogP) is 2.09. The maximum absolute atomic E-state index is 10.6. The fourth-order valence-corrected chi connectivity index (χ4v) is 1.01. The first-order valence-corrected chi connectivity index (χ1v) is 4.15. The smallest absolute Gasteiger partial charge is 0.314 e. The van der Waals surface area contributed by atoms with Gasteiger partial charge in [0.2, 0.25) is 5.75 Å². The van der Waals surface area contributed by atoms with Gasteiger partial charge in [0.05, 0.1) is 11.0 Å². The number of rotatable bonds is 3. The summed E-state index contributed by atoms with van der Waals surface area (Å²) in [6, 6.07) is 4.04. The molecule has 0 saturated carbocycles. The lowest BCUT2D eigenvalue weighted by atomic mass is 10.2. The normalized spacial score (nSPS) is 10.2. The molecule has 1 aromatic carbocycles. The van der Waals surface area contributed by atoms with Crippen LogP contribution in [-0.4, -0.2) is 16.1 Å². The van der Waals surface area contributed by atoms with E-state index >= 15 is 0 Å². The summed E-state index contributed by atoms with van der Waals surface area (Å²) >= 11 is 0. The molecule has 76 valence electrons. The highest BCUT2D eigenvalue weighted by atomic mass is 16.6. The summed E-state index contributed by atoms with van der Waals surface area (Å²) in [5.41, 5.74) is -0.223. The van der Waals surface area contributed by atoms with E-state index in [-0.39, 0.29) is 23.3 Å². The topological polar surface area (TPSA) is 72.6 Å². The van der Waals surface area contributed by atoms with Crippen LogP contribution in [0.5, 0.6) is 11.5 Å². The summed E-state index contributed by atoms with van der Waals surface area (Å²) in [4.78, 5) is 9.98. The molecule has 5 heteroatoms. The average molecular weight is 197 g/mol. The third kappa shape index (κ3) is 2.12. The molecule has 0 atom stereocenters. The summed E-state index contributed by atoms with van der Waals surface area (Å²) in [6.45, 7) is 3.46. The van der Waals surface area contributed by atoms with Crippen molar-refractivity contribution in [1.29, 1.82) is 0 Å². The van der Waals surface area contributed by atoms with Gasteiger partial charge in [-0.05, 0) is 19.9 Å². The quantitative estimate of drug-likeness (QED) is 0.594. The van der Waals surface area contributed by atoms with Crippen LogP contribution in [0, 0.1) is 10.1 Å². The van der Waals surface area contributed by atoms with Gasteiger partial charge in [-0.15, -0.1) is 0 Å². The van der Waals surface area contributed by atoms with Crippen molar-refractivity contribution in [3.05, 3.63) is 28.3 Å². The van der Waals surface area contributed by atoms with E-state index in [0.717, 1.165) is 0 Å². The van der Waals surface area contributed by atoms with Crippen LogP contribution in [0.4, 0.5) is 5.69 Å². The highest BCUT2D eigenvalue weighted by molar-refractivity contribution is 5.54. The van der Waals surface area contributed by atoms with Crippen molar-refractivity contribution < 1.29 is 14.8 Å². The number of nitrogens with zero attached hydrogens (tertiary/aromatic N) is 1. The molecule has 0 amide bonds. The molecule has 0 bridgehead atoms. The van der Waals surface area contributed by atoms with Gasteiger partial charge in [0.1, 0.15) is 0 Å². The number of para-hydroxylation sites is 1. The molecule has 0 saturated heterocycles. The van der Waals surface area contributed by atoms with Crippen LogP contribution >= 0.6 is 0 Å². The van der Waals surface area contributed by atoms with Gasteiger partial charge in [-0.1, -0.05) is 6.07 Å². The molecular formula is C9H11NO4. The third-order valence-electron chi connectivity index (χ3n) is 1.52. The van der Waals surface area contributed by atoms with Crippen LogP contribution in [0.2, 0.25) is 0 Å². The molecule has 1 N–H and O–H groups in total. The molecule has 0 aliphatic heterocycles. The van der Waals surface area contributed by atoms with Crippen LogP contribution < -0.4 is 4.74 Å². The number of phenols is 1. The van der Waals surface area contributed by atoms with Crippen molar-refractivity contribution in [3.63, 3.8) is 0 Å². The van der Waals surface area contributed by atoms with E-state index in [1.54, 1.807) is 13.8 Å². The standard InChI is InChI=1S/C9H11NO4/c1-6(2)14-9-7(10(12)13)4-3-5-8(9)11/h3-6,11H,1-2H3. The minimum absolute atomic E-state index is 0.0764. The van der Waals surface area contributed by atoms with Crippen LogP contribution in [0.3, 0.4) is 0 Å². The van der Waals surface area contributed by atoms with Gasteiger partial charge in [0.25, 0.3) is 0 Å². The van der Waals surface area contributed by atoms with Gasteiger partial charge in [-0.2, -0.15) is 0 Å². The Balaban J connectivity index is 3.15. The Hall–Kier alpha value is -1.78. The number of benzene rings is 1. The van der Waals surface area contributed by atoms with Gasteiger partial charge in [-0.3, -0.25) is 10.1 Å². The fraction of sp³-hybridized carbons (Fsp3) is 0.333. The molecule has 0 heterocycles. The van der Waals surface area contributed by atoms with Crippen molar-refractivity contribution in [2.24, 2.45) is 0 Å². The molecular weight excluding hydrogens is 186 g/mol. The minimum atomic E-state index is -0.586. The van der Waals surface area contributed by atoms with Gasteiger partial charge in [-0.25, -0.2) is 0 Å². The van der Waals surface area contributed by atoms with Gasteiger partial charge in [0.15, 0.2) is 5.75 Å². The monoisotopic (exact) mass is 197 g/mol. The molecule has 1 rings (SSSR count). The fourth-order valence-electron chi connectivity index (χ4n) is 1.01. The molecule has 0 aliphatic carbocycles. The second-order valence-corrected chi connectivity index (χ2v) is 3.05. The van der Waals surface area contributed by atoms with Crippen molar-refractivity contribution in [2.45, 2.75) is 20.0 Å². The number of aromatic hydroxyl groups is 1. The van der Waals surface area contributed by atoms with E-state index in [0.29, 0.717) is 0 Å². The lowest BCUT2D eigenvalue weighted by molar-refractivity contribution is -0.386. The molecule has 0 fully saturated rings.